The van der Waals surface area contributed by atoms with Crippen LogP contribution >= 0.6 is 15.9 Å². The zero-order valence-corrected chi connectivity index (χ0v) is 12.0. The summed E-state index contributed by atoms with van der Waals surface area (Å²) in [7, 11) is 0. The van der Waals surface area contributed by atoms with E-state index in [1.807, 2.05) is 24.3 Å². The van der Waals surface area contributed by atoms with Crippen LogP contribution in [-0.4, -0.2) is 16.3 Å². The third kappa shape index (κ3) is 3.79. The highest BCUT2D eigenvalue weighted by molar-refractivity contribution is 9.10. The fraction of sp³-hybridized carbons (Fsp3) is 0.143. The SMILES string of the molecule is CC(=O)c1ccn(CC(=O)Nc2ccc(Br)cc2)c1. The Bertz CT molecular complexity index is 602. The van der Waals surface area contributed by atoms with Crippen molar-refractivity contribution in [1.29, 1.82) is 0 Å². The Balaban J connectivity index is 1.97. The molecule has 0 radical (unpaired) electrons. The van der Waals surface area contributed by atoms with Gasteiger partial charge in [0.15, 0.2) is 5.78 Å². The summed E-state index contributed by atoms with van der Waals surface area (Å²) in [5.74, 6) is -0.139. The van der Waals surface area contributed by atoms with Crippen LogP contribution in [0.5, 0.6) is 0 Å². The standard InChI is InChI=1S/C14H13BrN2O2/c1-10(18)11-6-7-17(8-11)9-14(19)16-13-4-2-12(15)3-5-13/h2-8H,9H2,1H3,(H,16,19). The average Bonchev–Trinajstić information content (AvgIpc) is 2.80. The summed E-state index contributed by atoms with van der Waals surface area (Å²) >= 11 is 3.33. The summed E-state index contributed by atoms with van der Waals surface area (Å²) in [6.45, 7) is 1.69. The first-order valence-electron chi connectivity index (χ1n) is 5.77. The van der Waals surface area contributed by atoms with Gasteiger partial charge < -0.3 is 9.88 Å². The smallest absolute Gasteiger partial charge is 0.244 e. The van der Waals surface area contributed by atoms with Gasteiger partial charge in [0.1, 0.15) is 6.54 Å². The first-order chi connectivity index (χ1) is 9.04. The normalized spacial score (nSPS) is 10.2. The van der Waals surface area contributed by atoms with Crippen LogP contribution in [0.25, 0.3) is 0 Å². The maximum Gasteiger partial charge on any atom is 0.244 e. The molecule has 1 heterocycles. The van der Waals surface area contributed by atoms with E-state index in [1.165, 1.54) is 6.92 Å². The Morgan fingerprint density at radius 1 is 1.21 bits per heavy atom. The van der Waals surface area contributed by atoms with E-state index in [1.54, 1.807) is 23.0 Å². The number of halogens is 1. The molecule has 1 aromatic carbocycles. The molecule has 19 heavy (non-hydrogen) atoms. The number of nitrogens with zero attached hydrogens (tertiary/aromatic N) is 1. The van der Waals surface area contributed by atoms with Crippen LogP contribution in [0.15, 0.2) is 47.2 Å². The Morgan fingerprint density at radius 2 is 1.89 bits per heavy atom. The number of benzene rings is 1. The molecule has 5 heteroatoms. The second-order valence-electron chi connectivity index (χ2n) is 4.18. The summed E-state index contributed by atoms with van der Waals surface area (Å²) in [6.07, 6.45) is 3.39. The van der Waals surface area contributed by atoms with Crippen molar-refractivity contribution >= 4 is 33.3 Å². The molecular formula is C14H13BrN2O2. The Morgan fingerprint density at radius 3 is 2.47 bits per heavy atom. The van der Waals surface area contributed by atoms with Crippen molar-refractivity contribution in [3.63, 3.8) is 0 Å². The molecule has 2 rings (SSSR count). The summed E-state index contributed by atoms with van der Waals surface area (Å²) in [5, 5.41) is 2.79. The lowest BCUT2D eigenvalue weighted by Crippen LogP contribution is -2.17. The van der Waals surface area contributed by atoms with E-state index in [0.717, 1.165) is 10.2 Å². The molecule has 0 aliphatic heterocycles. The van der Waals surface area contributed by atoms with Gasteiger partial charge in [-0.15, -0.1) is 0 Å². The van der Waals surface area contributed by atoms with Crippen molar-refractivity contribution in [2.24, 2.45) is 0 Å². The van der Waals surface area contributed by atoms with Crippen LogP contribution in [0.3, 0.4) is 0 Å². The van der Waals surface area contributed by atoms with E-state index in [9.17, 15) is 9.59 Å². The van der Waals surface area contributed by atoms with Gasteiger partial charge in [-0.25, -0.2) is 0 Å². The second kappa shape index (κ2) is 5.84. The summed E-state index contributed by atoms with van der Waals surface area (Å²) < 4.78 is 2.65. The lowest BCUT2D eigenvalue weighted by molar-refractivity contribution is -0.116. The van der Waals surface area contributed by atoms with Crippen molar-refractivity contribution in [2.45, 2.75) is 13.5 Å². The maximum absolute atomic E-state index is 11.8. The lowest BCUT2D eigenvalue weighted by atomic mass is 10.2. The highest BCUT2D eigenvalue weighted by atomic mass is 79.9. The van der Waals surface area contributed by atoms with Gasteiger partial charge in [0.05, 0.1) is 0 Å². The molecule has 0 saturated carbocycles. The molecule has 2 aromatic rings. The number of anilines is 1. The van der Waals surface area contributed by atoms with E-state index in [2.05, 4.69) is 21.2 Å². The first kappa shape index (κ1) is 13.5. The molecule has 0 unspecified atom stereocenters. The van der Waals surface area contributed by atoms with Crippen LogP contribution in [0.2, 0.25) is 0 Å². The summed E-state index contributed by atoms with van der Waals surface area (Å²) in [4.78, 5) is 23.0. The van der Waals surface area contributed by atoms with Gasteiger partial charge in [0, 0.05) is 28.1 Å². The lowest BCUT2D eigenvalue weighted by Gasteiger charge is -2.06. The van der Waals surface area contributed by atoms with E-state index in [-0.39, 0.29) is 18.2 Å². The predicted octanol–water partition coefficient (Wildman–Crippen LogP) is 3.09. The van der Waals surface area contributed by atoms with E-state index in [4.69, 9.17) is 0 Å². The molecule has 0 saturated heterocycles. The highest BCUT2D eigenvalue weighted by Crippen LogP contribution is 2.14. The summed E-state index contributed by atoms with van der Waals surface area (Å²) in [6, 6.07) is 9.06. The largest absolute Gasteiger partial charge is 0.344 e. The van der Waals surface area contributed by atoms with Crippen molar-refractivity contribution in [3.8, 4) is 0 Å². The average molecular weight is 321 g/mol. The van der Waals surface area contributed by atoms with Crippen molar-refractivity contribution in [3.05, 3.63) is 52.8 Å². The summed E-state index contributed by atoms with van der Waals surface area (Å²) in [5.41, 5.74) is 1.35. The van der Waals surface area contributed by atoms with Gasteiger partial charge in [0.25, 0.3) is 0 Å². The fourth-order valence-corrected chi connectivity index (χ4v) is 1.91. The van der Waals surface area contributed by atoms with Crippen LogP contribution in [0.4, 0.5) is 5.69 Å². The van der Waals surface area contributed by atoms with Crippen LogP contribution in [-0.2, 0) is 11.3 Å². The van der Waals surface area contributed by atoms with E-state index >= 15 is 0 Å². The fourth-order valence-electron chi connectivity index (χ4n) is 1.65. The van der Waals surface area contributed by atoms with Gasteiger partial charge >= 0.3 is 0 Å². The Hall–Kier alpha value is -1.88. The van der Waals surface area contributed by atoms with Crippen LogP contribution < -0.4 is 5.32 Å². The Labute approximate surface area is 119 Å². The van der Waals surface area contributed by atoms with E-state index < -0.39 is 0 Å². The predicted molar refractivity (Wildman–Crippen MR) is 77.2 cm³/mol. The second-order valence-corrected chi connectivity index (χ2v) is 5.10. The molecule has 0 fully saturated rings. The number of nitrogens with one attached hydrogen (secondary N) is 1. The molecule has 1 N–H and O–H groups in total. The maximum atomic E-state index is 11.8. The Kier molecular flexibility index (Phi) is 4.16. The van der Waals surface area contributed by atoms with Gasteiger partial charge in [0.2, 0.25) is 5.91 Å². The molecule has 0 aliphatic carbocycles. The van der Waals surface area contributed by atoms with Gasteiger partial charge in [-0.3, -0.25) is 9.59 Å². The molecule has 0 atom stereocenters. The molecule has 0 aliphatic rings. The molecule has 1 amide bonds. The number of aromatic nitrogens is 1. The highest BCUT2D eigenvalue weighted by Gasteiger charge is 2.06. The molecular weight excluding hydrogens is 308 g/mol. The number of carbonyl (C=O) groups excluding carboxylic acids is 2. The van der Waals surface area contributed by atoms with Gasteiger partial charge in [-0.1, -0.05) is 15.9 Å². The minimum atomic E-state index is -0.131. The molecule has 0 bridgehead atoms. The number of amides is 1. The number of ketones is 1. The third-order valence-corrected chi connectivity index (χ3v) is 3.14. The van der Waals surface area contributed by atoms with Crippen molar-refractivity contribution in [2.75, 3.05) is 5.32 Å². The minimum absolute atomic E-state index is 0.00734. The quantitative estimate of drug-likeness (QED) is 0.880. The van der Waals surface area contributed by atoms with Crippen LogP contribution in [0.1, 0.15) is 17.3 Å². The monoisotopic (exact) mass is 320 g/mol. The topological polar surface area (TPSA) is 51.1 Å². The molecule has 4 nitrogen and oxygen atoms in total. The minimum Gasteiger partial charge on any atom is -0.344 e. The van der Waals surface area contributed by atoms with Gasteiger partial charge in [-0.2, -0.15) is 0 Å². The first-order valence-corrected chi connectivity index (χ1v) is 6.56. The number of hydrogen-bond donors (Lipinski definition) is 1. The van der Waals surface area contributed by atoms with Crippen LogP contribution in [0, 0.1) is 0 Å². The zero-order chi connectivity index (χ0) is 13.8. The van der Waals surface area contributed by atoms with E-state index in [0.29, 0.717) is 5.56 Å². The van der Waals surface area contributed by atoms with Crippen molar-refractivity contribution in [1.82, 2.24) is 4.57 Å². The molecule has 0 spiro atoms. The van der Waals surface area contributed by atoms with Crippen molar-refractivity contribution < 1.29 is 9.59 Å². The molecule has 1 aromatic heterocycles. The number of carbonyl (C=O) groups is 2. The third-order valence-electron chi connectivity index (χ3n) is 2.61. The number of Topliss-reactive ketones (excluding diaryl/α,β-unsaturated/α-hetero) is 1. The number of hydrogen-bond acceptors (Lipinski definition) is 2. The zero-order valence-electron chi connectivity index (χ0n) is 10.4. The number of rotatable bonds is 4. The van der Waals surface area contributed by atoms with Gasteiger partial charge in [-0.05, 0) is 37.3 Å². The molecule has 98 valence electrons.